The van der Waals surface area contributed by atoms with E-state index in [1.165, 1.54) is 11.6 Å². The van der Waals surface area contributed by atoms with E-state index < -0.39 is 0 Å². The van der Waals surface area contributed by atoms with Gasteiger partial charge in [0.25, 0.3) is 5.56 Å². The third-order valence-electron chi connectivity index (χ3n) is 3.33. The van der Waals surface area contributed by atoms with Crippen LogP contribution in [0.2, 0.25) is 0 Å². The summed E-state index contributed by atoms with van der Waals surface area (Å²) in [5.74, 6) is 1.10. The lowest BCUT2D eigenvalue weighted by molar-refractivity contribution is 0.674. The molecule has 0 aliphatic carbocycles. The summed E-state index contributed by atoms with van der Waals surface area (Å²) >= 11 is 0. The van der Waals surface area contributed by atoms with Gasteiger partial charge in [-0.3, -0.25) is 13.9 Å². The predicted molar refractivity (Wildman–Crippen MR) is 79.2 cm³/mol. The van der Waals surface area contributed by atoms with E-state index in [1.807, 2.05) is 11.5 Å². The number of anilines is 1. The average molecular weight is 279 g/mol. The fourth-order valence-electron chi connectivity index (χ4n) is 2.18. The van der Waals surface area contributed by atoms with E-state index in [0.29, 0.717) is 29.6 Å². The minimum atomic E-state index is -0.362. The third kappa shape index (κ3) is 2.13. The Hall–Kier alpha value is -2.05. The zero-order valence-corrected chi connectivity index (χ0v) is 12.6. The van der Waals surface area contributed by atoms with Gasteiger partial charge in [0.15, 0.2) is 11.2 Å². The van der Waals surface area contributed by atoms with Gasteiger partial charge in [0.1, 0.15) is 0 Å². The highest BCUT2D eigenvalue weighted by Gasteiger charge is 2.17. The van der Waals surface area contributed by atoms with E-state index in [2.05, 4.69) is 24.1 Å². The first-order valence-corrected chi connectivity index (χ1v) is 6.78. The van der Waals surface area contributed by atoms with Gasteiger partial charge in [-0.25, -0.2) is 4.79 Å². The van der Waals surface area contributed by atoms with Crippen molar-refractivity contribution in [1.82, 2.24) is 18.7 Å². The van der Waals surface area contributed by atoms with Crippen LogP contribution in [0.5, 0.6) is 0 Å². The maximum absolute atomic E-state index is 12.3. The second-order valence-electron chi connectivity index (χ2n) is 5.33. The highest BCUT2D eigenvalue weighted by atomic mass is 16.2. The summed E-state index contributed by atoms with van der Waals surface area (Å²) in [6.07, 6.45) is 0. The molecule has 0 aromatic carbocycles. The fourth-order valence-corrected chi connectivity index (χ4v) is 2.18. The molecule has 0 saturated carbocycles. The van der Waals surface area contributed by atoms with Gasteiger partial charge in [0, 0.05) is 27.2 Å². The van der Waals surface area contributed by atoms with Gasteiger partial charge in [-0.15, -0.1) is 0 Å². The highest BCUT2D eigenvalue weighted by molar-refractivity contribution is 5.74. The summed E-state index contributed by atoms with van der Waals surface area (Å²) < 4.78 is 4.34. The van der Waals surface area contributed by atoms with Gasteiger partial charge in [0.05, 0.1) is 0 Å². The molecule has 0 unspecified atom stereocenters. The van der Waals surface area contributed by atoms with Crippen LogP contribution in [-0.4, -0.2) is 25.2 Å². The number of aromatic nitrogens is 4. The summed E-state index contributed by atoms with van der Waals surface area (Å²) in [6, 6.07) is 0. The summed E-state index contributed by atoms with van der Waals surface area (Å²) in [5, 5.41) is 3.23. The first-order valence-electron chi connectivity index (χ1n) is 6.78. The van der Waals surface area contributed by atoms with Crippen LogP contribution in [0.1, 0.15) is 20.8 Å². The number of hydrogen-bond donors (Lipinski definition) is 1. The standard InChI is InChI=1S/C13H21N5O2/c1-6-18-9-10(15-12(18)14-7-8(2)3)16(4)13(20)17(5)11(9)19/h8H,6-7H2,1-5H3,(H,14,15). The molecule has 0 bridgehead atoms. The van der Waals surface area contributed by atoms with E-state index in [4.69, 9.17) is 0 Å². The molecule has 0 spiro atoms. The Kier molecular flexibility index (Phi) is 3.69. The van der Waals surface area contributed by atoms with Gasteiger partial charge in [-0.1, -0.05) is 13.8 Å². The van der Waals surface area contributed by atoms with Crippen molar-refractivity contribution in [2.24, 2.45) is 20.0 Å². The fraction of sp³-hybridized carbons (Fsp3) is 0.615. The van der Waals surface area contributed by atoms with Gasteiger partial charge in [-0.05, 0) is 12.8 Å². The smallest absolute Gasteiger partial charge is 0.332 e. The molecule has 20 heavy (non-hydrogen) atoms. The number of rotatable bonds is 4. The summed E-state index contributed by atoms with van der Waals surface area (Å²) in [7, 11) is 3.11. The number of nitrogens with one attached hydrogen (secondary N) is 1. The van der Waals surface area contributed by atoms with Gasteiger partial charge in [0.2, 0.25) is 5.95 Å². The molecule has 7 nitrogen and oxygen atoms in total. The second kappa shape index (κ2) is 5.15. The van der Waals surface area contributed by atoms with Crippen molar-refractivity contribution in [1.29, 1.82) is 0 Å². The zero-order valence-electron chi connectivity index (χ0n) is 12.6. The molecule has 0 aliphatic rings. The lowest BCUT2D eigenvalue weighted by Gasteiger charge is -2.10. The minimum Gasteiger partial charge on any atom is -0.355 e. The molecule has 2 heterocycles. The number of hydrogen-bond acceptors (Lipinski definition) is 4. The molecule has 110 valence electrons. The molecule has 0 aliphatic heterocycles. The first-order chi connectivity index (χ1) is 9.38. The molecule has 7 heteroatoms. The van der Waals surface area contributed by atoms with Crippen molar-refractivity contribution in [2.45, 2.75) is 27.3 Å². The molecule has 0 fully saturated rings. The van der Waals surface area contributed by atoms with Gasteiger partial charge in [-0.2, -0.15) is 4.98 Å². The lowest BCUT2D eigenvalue weighted by atomic mass is 10.2. The topological polar surface area (TPSA) is 73.8 Å². The number of nitrogens with zero attached hydrogens (tertiary/aromatic N) is 4. The summed E-state index contributed by atoms with van der Waals surface area (Å²) in [6.45, 7) is 7.52. The van der Waals surface area contributed by atoms with Crippen LogP contribution in [0.3, 0.4) is 0 Å². The largest absolute Gasteiger partial charge is 0.355 e. The third-order valence-corrected chi connectivity index (χ3v) is 3.33. The van der Waals surface area contributed by atoms with Crippen molar-refractivity contribution >= 4 is 17.1 Å². The van der Waals surface area contributed by atoms with E-state index >= 15 is 0 Å². The minimum absolute atomic E-state index is 0.310. The molecule has 0 amide bonds. The second-order valence-corrected chi connectivity index (χ2v) is 5.33. The Balaban J connectivity index is 2.75. The lowest BCUT2D eigenvalue weighted by Crippen LogP contribution is -2.37. The molecule has 2 aromatic rings. The first kappa shape index (κ1) is 14.4. The van der Waals surface area contributed by atoms with Crippen LogP contribution in [0.15, 0.2) is 9.59 Å². The molecule has 0 saturated heterocycles. The SMILES string of the molecule is CCn1c(NCC(C)C)nc2c1c(=O)n(C)c(=O)n2C. The van der Waals surface area contributed by atoms with Crippen LogP contribution in [0.25, 0.3) is 11.2 Å². The summed E-state index contributed by atoms with van der Waals surface area (Å²) in [4.78, 5) is 28.6. The van der Waals surface area contributed by atoms with Gasteiger partial charge >= 0.3 is 5.69 Å². The van der Waals surface area contributed by atoms with E-state index in [-0.39, 0.29) is 11.2 Å². The van der Waals surface area contributed by atoms with Crippen molar-refractivity contribution in [2.75, 3.05) is 11.9 Å². The highest BCUT2D eigenvalue weighted by Crippen LogP contribution is 2.15. The monoisotopic (exact) mass is 279 g/mol. The Labute approximate surface area is 116 Å². The molecule has 2 aromatic heterocycles. The van der Waals surface area contributed by atoms with Crippen molar-refractivity contribution in [3.05, 3.63) is 20.8 Å². The van der Waals surface area contributed by atoms with Crippen LogP contribution in [-0.2, 0) is 20.6 Å². The quantitative estimate of drug-likeness (QED) is 0.885. The normalized spacial score (nSPS) is 11.5. The van der Waals surface area contributed by atoms with Crippen molar-refractivity contribution < 1.29 is 0 Å². The Morgan fingerprint density at radius 2 is 1.85 bits per heavy atom. The number of imidazole rings is 1. The van der Waals surface area contributed by atoms with Crippen LogP contribution in [0, 0.1) is 5.92 Å². The van der Waals surface area contributed by atoms with Gasteiger partial charge < -0.3 is 9.88 Å². The average Bonchev–Trinajstić information content (AvgIpc) is 2.79. The zero-order chi connectivity index (χ0) is 15.0. The van der Waals surface area contributed by atoms with Crippen LogP contribution in [0.4, 0.5) is 5.95 Å². The molecular weight excluding hydrogens is 258 g/mol. The van der Waals surface area contributed by atoms with Crippen LogP contribution < -0.4 is 16.6 Å². The molecule has 2 rings (SSSR count). The number of aryl methyl sites for hydroxylation is 2. The predicted octanol–water partition coefficient (Wildman–Crippen LogP) is 0.521. The van der Waals surface area contributed by atoms with Crippen LogP contribution >= 0.6 is 0 Å². The summed E-state index contributed by atoms with van der Waals surface area (Å²) in [5.41, 5.74) is 0.211. The molecule has 1 N–H and O–H groups in total. The van der Waals surface area contributed by atoms with Crippen molar-refractivity contribution in [3.63, 3.8) is 0 Å². The van der Waals surface area contributed by atoms with E-state index in [9.17, 15) is 9.59 Å². The van der Waals surface area contributed by atoms with E-state index in [0.717, 1.165) is 11.1 Å². The Morgan fingerprint density at radius 3 is 2.40 bits per heavy atom. The number of fused-ring (bicyclic) bond motifs is 1. The maximum Gasteiger partial charge on any atom is 0.332 e. The molecule has 0 radical (unpaired) electrons. The Bertz CT molecular complexity index is 751. The van der Waals surface area contributed by atoms with Crippen molar-refractivity contribution in [3.8, 4) is 0 Å². The maximum atomic E-state index is 12.3. The Morgan fingerprint density at radius 1 is 1.20 bits per heavy atom. The van der Waals surface area contributed by atoms with E-state index in [1.54, 1.807) is 7.05 Å². The molecular formula is C13H21N5O2. The molecule has 0 atom stereocenters.